The van der Waals surface area contributed by atoms with Gasteiger partial charge >= 0.3 is 0 Å². The Bertz CT molecular complexity index is 119. The molecule has 1 atom stereocenters. The summed E-state index contributed by atoms with van der Waals surface area (Å²) in [5.74, 6) is 0. The Balaban J connectivity index is 3.39. The molecule has 0 fully saturated rings. The summed E-state index contributed by atoms with van der Waals surface area (Å²) < 4.78 is 0. The van der Waals surface area contributed by atoms with Crippen molar-refractivity contribution in [3.05, 3.63) is 0 Å². The fourth-order valence-corrected chi connectivity index (χ4v) is 1.02. The summed E-state index contributed by atoms with van der Waals surface area (Å²) in [6.45, 7) is 3.77. The lowest BCUT2D eigenvalue weighted by atomic mass is 10.4. The van der Waals surface area contributed by atoms with Crippen molar-refractivity contribution in [2.24, 2.45) is 0 Å². The Hall–Kier alpha value is -0.260. The monoisotopic (exact) mass is 160 g/mol. The average Bonchev–Trinajstić information content (AvgIpc) is 1.88. The molecular weight excluding hydrogens is 148 g/mol. The Morgan fingerprint density at radius 2 is 2.30 bits per heavy atom. The molecule has 0 saturated carbocycles. The minimum Gasteiger partial charge on any atom is -0.304 e. The maximum atomic E-state index is 8.34. The van der Waals surface area contributed by atoms with Gasteiger partial charge in [-0.1, -0.05) is 6.92 Å². The van der Waals surface area contributed by atoms with E-state index >= 15 is 0 Å². The minimum absolute atomic E-state index is 0.364. The van der Waals surface area contributed by atoms with E-state index in [1.165, 1.54) is 0 Å². The van der Waals surface area contributed by atoms with Crippen molar-refractivity contribution in [2.45, 2.75) is 18.7 Å². The summed E-state index contributed by atoms with van der Waals surface area (Å²) in [6, 6.07) is 1.98. The SMILES string of the molecule is CCCN(C)CC(Cl)C#N. The van der Waals surface area contributed by atoms with Gasteiger partial charge < -0.3 is 4.90 Å². The van der Waals surface area contributed by atoms with Crippen LogP contribution in [0.15, 0.2) is 0 Å². The lowest BCUT2D eigenvalue weighted by molar-refractivity contribution is 0.345. The lowest BCUT2D eigenvalue weighted by Gasteiger charge is -2.14. The zero-order chi connectivity index (χ0) is 7.98. The topological polar surface area (TPSA) is 27.0 Å². The smallest absolute Gasteiger partial charge is 0.133 e. The molecule has 58 valence electrons. The second kappa shape index (κ2) is 5.52. The summed E-state index contributed by atoms with van der Waals surface area (Å²) in [4.78, 5) is 2.06. The molecule has 0 aromatic rings. The first-order valence-corrected chi connectivity index (χ1v) is 3.86. The molecule has 0 N–H and O–H groups in total. The van der Waals surface area contributed by atoms with Crippen LogP contribution in [0.2, 0.25) is 0 Å². The standard InChI is InChI=1S/C7H13ClN2/c1-3-4-10(2)6-7(8)5-9/h7H,3-4,6H2,1-2H3. The van der Waals surface area contributed by atoms with Gasteiger partial charge in [0.2, 0.25) is 0 Å². The summed E-state index contributed by atoms with van der Waals surface area (Å²) >= 11 is 5.59. The molecule has 0 aliphatic heterocycles. The Labute approximate surface area is 67.4 Å². The van der Waals surface area contributed by atoms with Gasteiger partial charge in [-0.05, 0) is 20.0 Å². The predicted molar refractivity (Wildman–Crippen MR) is 43.0 cm³/mol. The van der Waals surface area contributed by atoms with Crippen molar-refractivity contribution in [1.29, 1.82) is 5.26 Å². The van der Waals surface area contributed by atoms with Gasteiger partial charge in [0, 0.05) is 6.54 Å². The van der Waals surface area contributed by atoms with Gasteiger partial charge in [0.25, 0.3) is 0 Å². The third-order valence-corrected chi connectivity index (χ3v) is 1.45. The van der Waals surface area contributed by atoms with Crippen molar-refractivity contribution in [3.8, 4) is 6.07 Å². The van der Waals surface area contributed by atoms with Crippen LogP contribution in [0.3, 0.4) is 0 Å². The molecule has 0 aromatic heterocycles. The molecule has 1 unspecified atom stereocenters. The van der Waals surface area contributed by atoms with Crippen LogP contribution in [-0.2, 0) is 0 Å². The summed E-state index contributed by atoms with van der Waals surface area (Å²) in [5, 5.41) is 7.98. The van der Waals surface area contributed by atoms with Crippen molar-refractivity contribution >= 4 is 11.6 Å². The molecule has 0 saturated heterocycles. The fraction of sp³-hybridized carbons (Fsp3) is 0.857. The molecule has 0 aliphatic rings. The molecule has 10 heavy (non-hydrogen) atoms. The Morgan fingerprint density at radius 1 is 1.70 bits per heavy atom. The summed E-state index contributed by atoms with van der Waals surface area (Å²) in [5.41, 5.74) is 0. The van der Waals surface area contributed by atoms with Crippen LogP contribution in [0.25, 0.3) is 0 Å². The number of rotatable bonds is 4. The van der Waals surface area contributed by atoms with Crippen molar-refractivity contribution < 1.29 is 0 Å². The Kier molecular flexibility index (Phi) is 5.38. The number of nitriles is 1. The number of hydrogen-bond donors (Lipinski definition) is 0. The second-order valence-electron chi connectivity index (χ2n) is 2.36. The lowest BCUT2D eigenvalue weighted by Crippen LogP contribution is -2.25. The highest BCUT2D eigenvalue weighted by atomic mass is 35.5. The van der Waals surface area contributed by atoms with E-state index in [0.717, 1.165) is 13.0 Å². The third-order valence-electron chi connectivity index (χ3n) is 1.22. The van der Waals surface area contributed by atoms with Crippen LogP contribution in [-0.4, -0.2) is 30.4 Å². The first kappa shape index (κ1) is 9.74. The van der Waals surface area contributed by atoms with Crippen LogP contribution in [0, 0.1) is 11.3 Å². The van der Waals surface area contributed by atoms with Crippen LogP contribution in [0.4, 0.5) is 0 Å². The van der Waals surface area contributed by atoms with Gasteiger partial charge in [0.1, 0.15) is 5.38 Å². The van der Waals surface area contributed by atoms with Crippen LogP contribution >= 0.6 is 11.6 Å². The molecule has 0 aliphatic carbocycles. The number of hydrogen-bond acceptors (Lipinski definition) is 2. The second-order valence-corrected chi connectivity index (χ2v) is 2.89. The molecule has 2 nitrogen and oxygen atoms in total. The Morgan fingerprint density at radius 3 is 2.70 bits per heavy atom. The summed E-state index contributed by atoms with van der Waals surface area (Å²) in [6.07, 6.45) is 1.10. The zero-order valence-electron chi connectivity index (χ0n) is 6.47. The molecule has 0 bridgehead atoms. The predicted octanol–water partition coefficient (Wildman–Crippen LogP) is 1.46. The van der Waals surface area contributed by atoms with Gasteiger partial charge in [-0.15, -0.1) is 11.6 Å². The maximum absolute atomic E-state index is 8.34. The highest BCUT2D eigenvalue weighted by Crippen LogP contribution is 1.96. The van der Waals surface area contributed by atoms with E-state index in [1.54, 1.807) is 0 Å². The molecule has 0 rings (SSSR count). The molecular formula is C7H13ClN2. The van der Waals surface area contributed by atoms with Crippen molar-refractivity contribution in [2.75, 3.05) is 20.1 Å². The van der Waals surface area contributed by atoms with Crippen LogP contribution < -0.4 is 0 Å². The van der Waals surface area contributed by atoms with Crippen LogP contribution in [0.1, 0.15) is 13.3 Å². The van der Waals surface area contributed by atoms with Gasteiger partial charge in [-0.25, -0.2) is 0 Å². The van der Waals surface area contributed by atoms with E-state index < -0.39 is 0 Å². The largest absolute Gasteiger partial charge is 0.304 e. The van der Waals surface area contributed by atoms with E-state index in [0.29, 0.717) is 6.54 Å². The van der Waals surface area contributed by atoms with Crippen molar-refractivity contribution in [3.63, 3.8) is 0 Å². The quantitative estimate of drug-likeness (QED) is 0.583. The van der Waals surface area contributed by atoms with Crippen molar-refractivity contribution in [1.82, 2.24) is 4.90 Å². The van der Waals surface area contributed by atoms with E-state index in [-0.39, 0.29) is 5.38 Å². The first-order valence-electron chi connectivity index (χ1n) is 3.43. The van der Waals surface area contributed by atoms with Gasteiger partial charge in [-0.2, -0.15) is 5.26 Å². The van der Waals surface area contributed by atoms with E-state index in [4.69, 9.17) is 16.9 Å². The van der Waals surface area contributed by atoms with Gasteiger partial charge in [0.15, 0.2) is 0 Å². The van der Waals surface area contributed by atoms with E-state index in [1.807, 2.05) is 13.1 Å². The molecule has 0 spiro atoms. The fourth-order valence-electron chi connectivity index (χ4n) is 0.787. The van der Waals surface area contributed by atoms with E-state index in [2.05, 4.69) is 11.8 Å². The molecule has 0 amide bonds. The van der Waals surface area contributed by atoms with Crippen LogP contribution in [0.5, 0.6) is 0 Å². The molecule has 0 radical (unpaired) electrons. The minimum atomic E-state index is -0.364. The molecule has 0 aromatic carbocycles. The highest BCUT2D eigenvalue weighted by Gasteiger charge is 2.04. The third kappa shape index (κ3) is 4.60. The normalized spacial score (nSPS) is 13.1. The highest BCUT2D eigenvalue weighted by molar-refractivity contribution is 6.22. The molecule has 3 heteroatoms. The number of halogens is 1. The number of alkyl halides is 1. The first-order chi connectivity index (χ1) is 4.70. The van der Waals surface area contributed by atoms with Gasteiger partial charge in [-0.3, -0.25) is 0 Å². The zero-order valence-corrected chi connectivity index (χ0v) is 7.23. The number of nitrogens with zero attached hydrogens (tertiary/aromatic N) is 2. The maximum Gasteiger partial charge on any atom is 0.133 e. The average molecular weight is 161 g/mol. The van der Waals surface area contributed by atoms with E-state index in [9.17, 15) is 0 Å². The van der Waals surface area contributed by atoms with Gasteiger partial charge in [0.05, 0.1) is 6.07 Å². The molecule has 0 heterocycles. The summed E-state index contributed by atoms with van der Waals surface area (Å²) in [7, 11) is 1.97.